The van der Waals surface area contributed by atoms with Gasteiger partial charge in [0.1, 0.15) is 6.29 Å². The first-order valence-electron chi connectivity index (χ1n) is 2.19. The van der Waals surface area contributed by atoms with E-state index in [0.717, 1.165) is 12.3 Å². The van der Waals surface area contributed by atoms with Crippen LogP contribution in [0.25, 0.3) is 0 Å². The highest BCUT2D eigenvalue weighted by Gasteiger charge is 1.50. The molecule has 0 unspecified atom stereocenters. The molecule has 0 aliphatic rings. The molecule has 0 aliphatic heterocycles. The van der Waals surface area contributed by atoms with Gasteiger partial charge in [-0.1, -0.05) is 12.7 Å². The van der Waals surface area contributed by atoms with Gasteiger partial charge in [-0.2, -0.15) is 0 Å². The highest BCUT2D eigenvalue weighted by atomic mass is 16.2. The molecule has 0 amide bonds. The van der Waals surface area contributed by atoms with Crippen molar-refractivity contribution >= 4 is 12.5 Å². The predicted molar refractivity (Wildman–Crippen MR) is 36.8 cm³/mol. The summed E-state index contributed by atoms with van der Waals surface area (Å²) in [6.45, 7) is 3.24. The highest BCUT2D eigenvalue weighted by Crippen LogP contribution is 1.49. The summed E-state index contributed by atoms with van der Waals surface area (Å²) < 4.78 is 0. The maximum atomic E-state index is 9.16. The summed E-state index contributed by atoms with van der Waals surface area (Å²) in [6, 6.07) is 0. The highest BCUT2D eigenvalue weighted by molar-refractivity contribution is 5.66. The number of carbonyl (C=O) groups excluding carboxylic acids is 1. The van der Waals surface area contributed by atoms with E-state index in [9.17, 15) is 0 Å². The van der Waals surface area contributed by atoms with Crippen molar-refractivity contribution in [1.29, 1.82) is 5.41 Å². The van der Waals surface area contributed by atoms with E-state index < -0.39 is 0 Å². The van der Waals surface area contributed by atoms with Crippen LogP contribution in [-0.4, -0.2) is 17.6 Å². The molecule has 0 heterocycles. The molecule has 0 saturated heterocycles. The van der Waals surface area contributed by atoms with E-state index in [-0.39, 0.29) is 0 Å². The SMILES string of the molecule is C=CC=N.O=C/C=C/O. The van der Waals surface area contributed by atoms with E-state index in [1.807, 2.05) is 0 Å². The second-order valence-electron chi connectivity index (χ2n) is 0.880. The maximum Gasteiger partial charge on any atom is 0.145 e. The fourth-order valence-electron chi connectivity index (χ4n) is 0.0351. The van der Waals surface area contributed by atoms with Crippen LogP contribution in [0, 0.1) is 5.41 Å². The largest absolute Gasteiger partial charge is 0.515 e. The lowest BCUT2D eigenvalue weighted by Crippen LogP contribution is -1.53. The van der Waals surface area contributed by atoms with Gasteiger partial charge in [-0.05, 0) is 0 Å². The van der Waals surface area contributed by atoms with E-state index in [2.05, 4.69) is 6.58 Å². The van der Waals surface area contributed by atoms with E-state index in [0.29, 0.717) is 12.5 Å². The summed E-state index contributed by atoms with van der Waals surface area (Å²) in [5.74, 6) is 0. The standard InChI is InChI=1S/C3H5N.C3H4O2/c1-2-3-4;4-2-1-3-5/h2-4H,1H2;1-4H/b;2-1+. The Labute approximate surface area is 53.8 Å². The van der Waals surface area contributed by atoms with Gasteiger partial charge in [0.2, 0.25) is 0 Å². The molecule has 9 heavy (non-hydrogen) atoms. The van der Waals surface area contributed by atoms with Crippen LogP contribution in [0.2, 0.25) is 0 Å². The minimum atomic E-state index is 0.500. The fraction of sp³-hybridized carbons (Fsp3) is 0. The lowest BCUT2D eigenvalue weighted by atomic mass is 10.7. The smallest absolute Gasteiger partial charge is 0.145 e. The number of allylic oxidation sites excluding steroid dienone is 2. The monoisotopic (exact) mass is 127 g/mol. The van der Waals surface area contributed by atoms with Crippen LogP contribution < -0.4 is 0 Å². The first kappa shape index (κ1) is 10.6. The first-order chi connectivity index (χ1) is 4.33. The van der Waals surface area contributed by atoms with Gasteiger partial charge in [-0.3, -0.25) is 4.79 Å². The molecule has 0 radical (unpaired) electrons. The Morgan fingerprint density at radius 1 is 1.56 bits per heavy atom. The van der Waals surface area contributed by atoms with E-state index in [1.165, 1.54) is 6.08 Å². The van der Waals surface area contributed by atoms with Crippen molar-refractivity contribution < 1.29 is 9.90 Å². The predicted octanol–water partition coefficient (Wildman–Crippen LogP) is 1.08. The van der Waals surface area contributed by atoms with Crippen molar-refractivity contribution in [2.24, 2.45) is 0 Å². The summed E-state index contributed by atoms with van der Waals surface area (Å²) >= 11 is 0. The molecule has 0 aliphatic carbocycles. The topological polar surface area (TPSA) is 61.2 Å². The van der Waals surface area contributed by atoms with Crippen LogP contribution in [0.5, 0.6) is 0 Å². The lowest BCUT2D eigenvalue weighted by molar-refractivity contribution is -0.104. The van der Waals surface area contributed by atoms with E-state index in [4.69, 9.17) is 15.3 Å². The minimum absolute atomic E-state index is 0.500. The minimum Gasteiger partial charge on any atom is -0.515 e. The average Bonchev–Trinajstić information content (AvgIpc) is 1.91. The number of aldehydes is 1. The Morgan fingerprint density at radius 3 is 2.00 bits per heavy atom. The zero-order chi connectivity index (χ0) is 7.54. The quantitative estimate of drug-likeness (QED) is 0.252. The fourth-order valence-corrected chi connectivity index (χ4v) is 0.0351. The maximum absolute atomic E-state index is 9.16. The van der Waals surface area contributed by atoms with Crippen LogP contribution >= 0.6 is 0 Å². The molecule has 0 fully saturated rings. The Kier molecular flexibility index (Phi) is 18.7. The van der Waals surface area contributed by atoms with Crippen molar-refractivity contribution in [3.63, 3.8) is 0 Å². The molecule has 0 atom stereocenters. The summed E-state index contributed by atoms with van der Waals surface area (Å²) in [5.41, 5.74) is 0. The molecule has 3 heteroatoms. The molecule has 0 spiro atoms. The number of rotatable bonds is 2. The Hall–Kier alpha value is -1.38. The number of nitrogens with one attached hydrogen (secondary N) is 1. The van der Waals surface area contributed by atoms with Gasteiger partial charge in [0.05, 0.1) is 6.26 Å². The van der Waals surface area contributed by atoms with Crippen LogP contribution in [0.15, 0.2) is 25.0 Å². The molecule has 50 valence electrons. The van der Waals surface area contributed by atoms with Crippen molar-refractivity contribution in [3.8, 4) is 0 Å². The molecule has 3 nitrogen and oxygen atoms in total. The Bertz CT molecular complexity index is 102. The molecule has 0 rings (SSSR count). The summed E-state index contributed by atoms with van der Waals surface area (Å²) in [7, 11) is 0. The first-order valence-corrected chi connectivity index (χ1v) is 2.19. The summed E-state index contributed by atoms with van der Waals surface area (Å²) in [6.07, 6.45) is 4.74. The van der Waals surface area contributed by atoms with Crippen LogP contribution in [-0.2, 0) is 4.79 Å². The third-order valence-electron chi connectivity index (χ3n) is 0.282. The van der Waals surface area contributed by atoms with Crippen molar-refractivity contribution in [3.05, 3.63) is 25.0 Å². The van der Waals surface area contributed by atoms with Crippen LogP contribution in [0.3, 0.4) is 0 Å². The van der Waals surface area contributed by atoms with Gasteiger partial charge in [-0.25, -0.2) is 0 Å². The van der Waals surface area contributed by atoms with Gasteiger partial charge in [0, 0.05) is 12.3 Å². The van der Waals surface area contributed by atoms with Gasteiger partial charge in [0.25, 0.3) is 0 Å². The zero-order valence-electron chi connectivity index (χ0n) is 4.95. The summed E-state index contributed by atoms with van der Waals surface area (Å²) in [4.78, 5) is 9.16. The van der Waals surface area contributed by atoms with E-state index >= 15 is 0 Å². The van der Waals surface area contributed by atoms with Gasteiger partial charge >= 0.3 is 0 Å². The van der Waals surface area contributed by atoms with Gasteiger partial charge < -0.3 is 10.5 Å². The Balaban J connectivity index is 0. The van der Waals surface area contributed by atoms with Gasteiger partial charge in [0.15, 0.2) is 0 Å². The second-order valence-corrected chi connectivity index (χ2v) is 0.880. The van der Waals surface area contributed by atoms with Crippen LogP contribution in [0.1, 0.15) is 0 Å². The zero-order valence-corrected chi connectivity index (χ0v) is 4.95. The molecule has 2 N–H and O–H groups in total. The third kappa shape index (κ3) is 53.8. The number of carbonyl (C=O) groups is 1. The third-order valence-corrected chi connectivity index (χ3v) is 0.282. The molecule has 0 saturated carbocycles. The molecular weight excluding hydrogens is 118 g/mol. The number of aliphatic hydroxyl groups is 1. The van der Waals surface area contributed by atoms with Crippen molar-refractivity contribution in [2.45, 2.75) is 0 Å². The van der Waals surface area contributed by atoms with E-state index in [1.54, 1.807) is 0 Å². The molecular formula is C6H9NO2. The number of hydrogen-bond donors (Lipinski definition) is 2. The molecule has 0 aromatic rings. The van der Waals surface area contributed by atoms with Crippen LogP contribution in [0.4, 0.5) is 0 Å². The average molecular weight is 127 g/mol. The number of aliphatic hydroxyl groups excluding tert-OH is 1. The summed E-state index contributed by atoms with van der Waals surface area (Å²) in [5, 5.41) is 13.9. The molecule has 0 aromatic heterocycles. The van der Waals surface area contributed by atoms with Crippen molar-refractivity contribution in [2.75, 3.05) is 0 Å². The lowest BCUT2D eigenvalue weighted by Gasteiger charge is -1.54. The molecule has 0 bridgehead atoms. The van der Waals surface area contributed by atoms with Gasteiger partial charge in [-0.15, -0.1) is 0 Å². The van der Waals surface area contributed by atoms with Crippen molar-refractivity contribution in [1.82, 2.24) is 0 Å². The normalized spacial score (nSPS) is 7.11. The second kappa shape index (κ2) is 16.0. The Morgan fingerprint density at radius 2 is 2.00 bits per heavy atom. The number of hydrogen-bond acceptors (Lipinski definition) is 3. The molecule has 0 aromatic carbocycles.